The van der Waals surface area contributed by atoms with Gasteiger partial charge in [-0.1, -0.05) is 62.3 Å². The van der Waals surface area contributed by atoms with Crippen molar-refractivity contribution in [3.8, 4) is 6.07 Å². The van der Waals surface area contributed by atoms with E-state index in [4.69, 9.17) is 12.2 Å². The molecule has 2 aliphatic heterocycles. The zero-order valence-corrected chi connectivity index (χ0v) is 24.3. The second-order valence-corrected chi connectivity index (χ2v) is 11.4. The third-order valence-electron chi connectivity index (χ3n) is 7.32. The second kappa shape index (κ2) is 12.8. The van der Waals surface area contributed by atoms with Crippen LogP contribution in [0, 0.1) is 24.1 Å². The summed E-state index contributed by atoms with van der Waals surface area (Å²) >= 11 is 6.81. The van der Waals surface area contributed by atoms with E-state index >= 15 is 0 Å². The third-order valence-corrected chi connectivity index (χ3v) is 8.70. The van der Waals surface area contributed by atoms with Crippen molar-refractivity contribution in [2.24, 2.45) is 0 Å². The number of carbonyl (C=O) groups excluding carboxylic acids is 1. The molecule has 206 valence electrons. The Morgan fingerprint density at radius 1 is 1.08 bits per heavy atom. The summed E-state index contributed by atoms with van der Waals surface area (Å²) in [5.74, 6) is 0.285. The Kier molecular flexibility index (Phi) is 9.46. The van der Waals surface area contributed by atoms with E-state index < -0.39 is 0 Å². The number of anilines is 2. The monoisotopic (exact) mass is 567 g/mol. The van der Waals surface area contributed by atoms with E-state index in [0.29, 0.717) is 71.1 Å². The number of amides is 1. The fourth-order valence-corrected chi connectivity index (χ4v) is 6.46. The number of thiocarbonyl (C=S) groups is 1. The average Bonchev–Trinajstić information content (AvgIpc) is 3.20. The zero-order valence-electron chi connectivity index (χ0n) is 22.7. The van der Waals surface area contributed by atoms with Crippen LogP contribution in [-0.2, 0) is 11.3 Å². The number of unbranched alkanes of at least 4 members (excludes halogenated alkanes) is 3. The van der Waals surface area contributed by atoms with Crippen LogP contribution in [0.1, 0.15) is 56.2 Å². The molecule has 10 heteroatoms. The van der Waals surface area contributed by atoms with Gasteiger partial charge < -0.3 is 9.80 Å². The van der Waals surface area contributed by atoms with Crippen molar-refractivity contribution in [3.63, 3.8) is 0 Å². The van der Waals surface area contributed by atoms with Crippen LogP contribution in [0.2, 0.25) is 0 Å². The molecule has 0 atom stereocenters. The number of para-hydroxylation sites is 1. The molecule has 7 nitrogen and oxygen atoms in total. The zero-order chi connectivity index (χ0) is 28.1. The number of carbonyl (C=O) groups is 1. The minimum atomic E-state index is -0.343. The van der Waals surface area contributed by atoms with Crippen LogP contribution < -0.4 is 15.4 Å². The SMILES string of the molecule is CCCCCCN1C(=O)/C(=C\c2c(C)c(C#N)c(=O)n(CC)c2N2CCN(c3ccccc3F)CC2)SC1=S. The highest BCUT2D eigenvalue weighted by Gasteiger charge is 2.33. The molecule has 0 saturated carbocycles. The number of halogens is 1. The van der Waals surface area contributed by atoms with Gasteiger partial charge in [-0.3, -0.25) is 19.1 Å². The van der Waals surface area contributed by atoms with Gasteiger partial charge in [0.2, 0.25) is 0 Å². The highest BCUT2D eigenvalue weighted by atomic mass is 32.2. The van der Waals surface area contributed by atoms with E-state index in [0.717, 1.165) is 25.7 Å². The molecule has 1 aromatic carbocycles. The van der Waals surface area contributed by atoms with Crippen molar-refractivity contribution in [2.45, 2.75) is 53.0 Å². The van der Waals surface area contributed by atoms with E-state index in [2.05, 4.69) is 17.9 Å². The fraction of sp³-hybridized carbons (Fsp3) is 0.448. The van der Waals surface area contributed by atoms with Crippen LogP contribution in [0.5, 0.6) is 0 Å². The Labute approximate surface area is 238 Å². The molecular weight excluding hydrogens is 533 g/mol. The normalized spacial score (nSPS) is 16.9. The predicted molar refractivity (Wildman–Crippen MR) is 161 cm³/mol. The largest absolute Gasteiger partial charge is 0.366 e. The predicted octanol–water partition coefficient (Wildman–Crippen LogP) is 5.30. The highest BCUT2D eigenvalue weighted by molar-refractivity contribution is 8.26. The number of hydrogen-bond donors (Lipinski definition) is 0. The number of rotatable bonds is 9. The molecule has 2 aromatic rings. The third kappa shape index (κ3) is 5.89. The van der Waals surface area contributed by atoms with Gasteiger partial charge in [0.25, 0.3) is 11.5 Å². The van der Waals surface area contributed by atoms with Crippen molar-refractivity contribution in [2.75, 3.05) is 42.5 Å². The maximum absolute atomic E-state index is 14.4. The number of benzene rings is 1. The average molecular weight is 568 g/mol. The Hall–Kier alpha value is -3.16. The summed E-state index contributed by atoms with van der Waals surface area (Å²) in [4.78, 5) is 32.9. The smallest absolute Gasteiger partial charge is 0.270 e. The van der Waals surface area contributed by atoms with Gasteiger partial charge in [-0.15, -0.1) is 0 Å². The molecule has 0 unspecified atom stereocenters. The lowest BCUT2D eigenvalue weighted by Crippen LogP contribution is -2.49. The van der Waals surface area contributed by atoms with Crippen LogP contribution in [0.15, 0.2) is 34.0 Å². The molecule has 2 saturated heterocycles. The molecule has 39 heavy (non-hydrogen) atoms. The van der Waals surface area contributed by atoms with Gasteiger partial charge >= 0.3 is 0 Å². The fourth-order valence-electron chi connectivity index (χ4n) is 5.17. The van der Waals surface area contributed by atoms with Gasteiger partial charge in [0.1, 0.15) is 27.6 Å². The molecule has 4 rings (SSSR count). The molecule has 0 spiro atoms. The van der Waals surface area contributed by atoms with Gasteiger partial charge in [-0.05, 0) is 44.0 Å². The minimum Gasteiger partial charge on any atom is -0.366 e. The molecule has 0 N–H and O–H groups in total. The number of thioether (sulfide) groups is 1. The summed E-state index contributed by atoms with van der Waals surface area (Å²) in [6.45, 7) is 8.98. The molecule has 2 aliphatic rings. The maximum atomic E-state index is 14.4. The quantitative estimate of drug-likeness (QED) is 0.231. The topological polar surface area (TPSA) is 72.6 Å². The Morgan fingerprint density at radius 3 is 2.41 bits per heavy atom. The Morgan fingerprint density at radius 2 is 1.77 bits per heavy atom. The molecule has 1 aromatic heterocycles. The van der Waals surface area contributed by atoms with Crippen molar-refractivity contribution in [3.05, 3.63) is 62.0 Å². The summed E-state index contributed by atoms with van der Waals surface area (Å²) < 4.78 is 16.6. The van der Waals surface area contributed by atoms with Gasteiger partial charge in [0.15, 0.2) is 0 Å². The number of aromatic nitrogens is 1. The summed E-state index contributed by atoms with van der Waals surface area (Å²) in [7, 11) is 0. The first-order valence-electron chi connectivity index (χ1n) is 13.5. The molecule has 3 heterocycles. The first-order valence-corrected chi connectivity index (χ1v) is 14.7. The van der Waals surface area contributed by atoms with Gasteiger partial charge in [-0.25, -0.2) is 4.39 Å². The van der Waals surface area contributed by atoms with Crippen LogP contribution in [-0.4, -0.2) is 52.4 Å². The van der Waals surface area contributed by atoms with E-state index in [1.165, 1.54) is 17.8 Å². The summed E-state index contributed by atoms with van der Waals surface area (Å²) in [5, 5.41) is 9.83. The maximum Gasteiger partial charge on any atom is 0.270 e. The number of pyridine rings is 1. The van der Waals surface area contributed by atoms with E-state index in [9.17, 15) is 19.2 Å². The lowest BCUT2D eigenvalue weighted by atomic mass is 10.0. The lowest BCUT2D eigenvalue weighted by Gasteiger charge is -2.39. The first-order chi connectivity index (χ1) is 18.8. The Bertz CT molecular complexity index is 1390. The van der Waals surface area contributed by atoms with Gasteiger partial charge in [-0.2, -0.15) is 5.26 Å². The van der Waals surface area contributed by atoms with Crippen LogP contribution in [0.3, 0.4) is 0 Å². The first kappa shape index (κ1) is 28.8. The van der Waals surface area contributed by atoms with Crippen LogP contribution in [0.25, 0.3) is 6.08 Å². The molecule has 2 fully saturated rings. The lowest BCUT2D eigenvalue weighted by molar-refractivity contribution is -0.122. The molecule has 0 aliphatic carbocycles. The van der Waals surface area contributed by atoms with E-state index in [-0.39, 0.29) is 22.8 Å². The Balaban J connectivity index is 1.70. The molecule has 1 amide bonds. The second-order valence-electron chi connectivity index (χ2n) is 9.72. The summed E-state index contributed by atoms with van der Waals surface area (Å²) in [5.41, 5.74) is 1.52. The standard InChI is InChI=1S/C29H34FN5O2S2/c1-4-6-7-10-13-35-28(37)25(39-29(35)38)18-21-20(3)22(19-31)27(36)34(5-2)26(21)33-16-14-32(15-17-33)24-12-9-8-11-23(24)30/h8-9,11-12,18H,4-7,10,13-17H2,1-3H3/b25-18+. The number of hydrogen-bond acceptors (Lipinski definition) is 7. The van der Waals surface area contributed by atoms with E-state index in [1.807, 2.05) is 17.9 Å². The van der Waals surface area contributed by atoms with Crippen molar-refractivity contribution < 1.29 is 9.18 Å². The minimum absolute atomic E-state index is 0.0758. The van der Waals surface area contributed by atoms with Crippen molar-refractivity contribution in [1.29, 1.82) is 5.26 Å². The number of nitriles is 1. The molecular formula is C29H34FN5O2S2. The van der Waals surface area contributed by atoms with Crippen molar-refractivity contribution >= 4 is 51.8 Å². The number of piperazine rings is 1. The highest BCUT2D eigenvalue weighted by Crippen LogP contribution is 2.36. The van der Waals surface area contributed by atoms with Crippen LogP contribution in [0.4, 0.5) is 15.9 Å². The molecule has 0 radical (unpaired) electrons. The summed E-state index contributed by atoms with van der Waals surface area (Å²) in [6, 6.07) is 8.80. The van der Waals surface area contributed by atoms with Crippen LogP contribution >= 0.6 is 24.0 Å². The van der Waals surface area contributed by atoms with Crippen molar-refractivity contribution in [1.82, 2.24) is 9.47 Å². The van der Waals surface area contributed by atoms with E-state index in [1.54, 1.807) is 34.6 Å². The molecule has 0 bridgehead atoms. The number of nitrogens with zero attached hydrogens (tertiary/aromatic N) is 5. The summed E-state index contributed by atoms with van der Waals surface area (Å²) in [6.07, 6.45) is 5.97. The van der Waals surface area contributed by atoms with Gasteiger partial charge in [0.05, 0.1) is 10.6 Å². The van der Waals surface area contributed by atoms with Gasteiger partial charge in [0, 0.05) is 44.8 Å².